The number of hydrogen-bond acceptors (Lipinski definition) is 2. The molecule has 122 valence electrons. The van der Waals surface area contributed by atoms with Crippen molar-refractivity contribution in [2.45, 2.75) is 13.1 Å². The summed E-state index contributed by atoms with van der Waals surface area (Å²) < 4.78 is 38.1. The summed E-state index contributed by atoms with van der Waals surface area (Å²) in [7, 11) is 0. The van der Waals surface area contributed by atoms with E-state index < -0.39 is 17.6 Å². The SMILES string of the molecule is Cc1ccccc1/C=C(\C#N)C(=O)Nc1cccc(C(F)(F)F)c1. The molecule has 0 aliphatic carbocycles. The summed E-state index contributed by atoms with van der Waals surface area (Å²) in [5.41, 5.74) is 0.467. The van der Waals surface area contributed by atoms with Crippen LogP contribution in [0.25, 0.3) is 6.08 Å². The molecule has 24 heavy (non-hydrogen) atoms. The molecule has 2 aromatic carbocycles. The number of benzene rings is 2. The lowest BCUT2D eigenvalue weighted by molar-refractivity contribution is -0.137. The van der Waals surface area contributed by atoms with Gasteiger partial charge in [-0.1, -0.05) is 30.3 Å². The first-order valence-corrected chi connectivity index (χ1v) is 6.97. The van der Waals surface area contributed by atoms with Crippen LogP contribution in [0.4, 0.5) is 18.9 Å². The minimum Gasteiger partial charge on any atom is -0.321 e. The average molecular weight is 330 g/mol. The molecule has 0 heterocycles. The van der Waals surface area contributed by atoms with Crippen LogP contribution < -0.4 is 5.32 Å². The first-order valence-electron chi connectivity index (χ1n) is 6.97. The molecule has 1 N–H and O–H groups in total. The molecule has 0 unspecified atom stereocenters. The first-order chi connectivity index (χ1) is 11.3. The van der Waals surface area contributed by atoms with Gasteiger partial charge in [0.1, 0.15) is 11.6 Å². The second-order valence-corrected chi connectivity index (χ2v) is 5.06. The standard InChI is InChI=1S/C18H13F3N2O/c1-12-5-2-3-6-13(12)9-14(11-22)17(24)23-16-8-4-7-15(10-16)18(19,20)21/h2-10H,1H3,(H,23,24)/b14-9+. The molecule has 2 rings (SSSR count). The molecule has 0 radical (unpaired) electrons. The maximum atomic E-state index is 12.7. The van der Waals surface area contributed by atoms with E-state index in [-0.39, 0.29) is 11.3 Å². The van der Waals surface area contributed by atoms with E-state index in [4.69, 9.17) is 5.26 Å². The summed E-state index contributed by atoms with van der Waals surface area (Å²) in [5.74, 6) is -0.764. The Morgan fingerprint density at radius 2 is 1.88 bits per heavy atom. The number of rotatable bonds is 3. The zero-order valence-electron chi connectivity index (χ0n) is 12.7. The van der Waals surface area contributed by atoms with E-state index in [2.05, 4.69) is 5.32 Å². The minimum atomic E-state index is -4.50. The largest absolute Gasteiger partial charge is 0.416 e. The highest BCUT2D eigenvalue weighted by Gasteiger charge is 2.30. The summed E-state index contributed by atoms with van der Waals surface area (Å²) in [6.45, 7) is 1.82. The van der Waals surface area contributed by atoms with Crippen molar-refractivity contribution >= 4 is 17.7 Å². The first kappa shape index (κ1) is 17.3. The van der Waals surface area contributed by atoms with E-state index in [9.17, 15) is 18.0 Å². The van der Waals surface area contributed by atoms with Crippen LogP contribution in [0.15, 0.2) is 54.1 Å². The lowest BCUT2D eigenvalue weighted by atomic mass is 10.1. The van der Waals surface area contributed by atoms with Gasteiger partial charge in [-0.3, -0.25) is 4.79 Å². The van der Waals surface area contributed by atoms with E-state index in [1.807, 2.05) is 19.1 Å². The molecular weight excluding hydrogens is 317 g/mol. The van der Waals surface area contributed by atoms with E-state index in [0.717, 1.165) is 17.7 Å². The zero-order valence-corrected chi connectivity index (χ0v) is 12.7. The zero-order chi connectivity index (χ0) is 17.7. The fourth-order valence-corrected chi connectivity index (χ4v) is 2.02. The fraction of sp³-hybridized carbons (Fsp3) is 0.111. The summed E-state index contributed by atoms with van der Waals surface area (Å²) in [5, 5.41) is 11.5. The maximum absolute atomic E-state index is 12.7. The van der Waals surface area contributed by atoms with Crippen molar-refractivity contribution in [2.75, 3.05) is 5.32 Å². The van der Waals surface area contributed by atoms with Crippen molar-refractivity contribution in [3.05, 3.63) is 70.8 Å². The van der Waals surface area contributed by atoms with Crippen LogP contribution in [0, 0.1) is 18.3 Å². The Kier molecular flexibility index (Phi) is 5.05. The molecule has 0 saturated carbocycles. The predicted octanol–water partition coefficient (Wildman–Crippen LogP) is 4.56. The van der Waals surface area contributed by atoms with Crippen LogP contribution in [0.1, 0.15) is 16.7 Å². The second kappa shape index (κ2) is 7.01. The molecule has 0 aromatic heterocycles. The van der Waals surface area contributed by atoms with Crippen LogP contribution in [0.5, 0.6) is 0 Å². The number of amides is 1. The summed E-state index contributed by atoms with van der Waals surface area (Å²) in [6.07, 6.45) is -3.10. The van der Waals surface area contributed by atoms with Gasteiger partial charge in [-0.05, 0) is 42.3 Å². The smallest absolute Gasteiger partial charge is 0.321 e. The quantitative estimate of drug-likeness (QED) is 0.662. The Morgan fingerprint density at radius 1 is 1.17 bits per heavy atom. The number of carbonyl (C=O) groups excluding carboxylic acids is 1. The molecule has 2 aromatic rings. The Hall–Kier alpha value is -3.07. The number of halogens is 3. The highest BCUT2D eigenvalue weighted by Crippen LogP contribution is 2.30. The van der Waals surface area contributed by atoms with Crippen LogP contribution in [-0.4, -0.2) is 5.91 Å². The monoisotopic (exact) mass is 330 g/mol. The molecule has 0 saturated heterocycles. The van der Waals surface area contributed by atoms with Crippen LogP contribution >= 0.6 is 0 Å². The van der Waals surface area contributed by atoms with Gasteiger partial charge in [-0.25, -0.2) is 0 Å². The number of nitrogens with one attached hydrogen (secondary N) is 1. The lowest BCUT2D eigenvalue weighted by Crippen LogP contribution is -2.14. The third-order valence-corrected chi connectivity index (χ3v) is 3.30. The van der Waals surface area contributed by atoms with Gasteiger partial charge in [0.05, 0.1) is 5.56 Å². The third-order valence-electron chi connectivity index (χ3n) is 3.30. The molecule has 6 heteroatoms. The van der Waals surface area contributed by atoms with Gasteiger partial charge in [0.2, 0.25) is 0 Å². The normalized spacial score (nSPS) is 11.7. The van der Waals surface area contributed by atoms with Gasteiger partial charge in [-0.15, -0.1) is 0 Å². The fourth-order valence-electron chi connectivity index (χ4n) is 2.02. The lowest BCUT2D eigenvalue weighted by Gasteiger charge is -2.09. The number of aryl methyl sites for hydroxylation is 1. The maximum Gasteiger partial charge on any atom is 0.416 e. The topological polar surface area (TPSA) is 52.9 Å². The molecule has 1 amide bonds. The Balaban J connectivity index is 2.25. The van der Waals surface area contributed by atoms with Crippen molar-refractivity contribution in [1.82, 2.24) is 0 Å². The number of nitrogens with zero attached hydrogens (tertiary/aromatic N) is 1. The highest BCUT2D eigenvalue weighted by atomic mass is 19.4. The van der Waals surface area contributed by atoms with Gasteiger partial charge in [0.25, 0.3) is 5.91 Å². The number of alkyl halides is 3. The van der Waals surface area contributed by atoms with E-state index in [1.165, 1.54) is 18.2 Å². The number of nitriles is 1. The summed E-state index contributed by atoms with van der Waals surface area (Å²) in [4.78, 5) is 12.1. The molecule has 0 aliphatic heterocycles. The van der Waals surface area contributed by atoms with Gasteiger partial charge in [0, 0.05) is 5.69 Å². The molecule has 0 fully saturated rings. The van der Waals surface area contributed by atoms with E-state index >= 15 is 0 Å². The third kappa shape index (κ3) is 4.23. The molecule has 0 bridgehead atoms. The average Bonchev–Trinajstić information content (AvgIpc) is 2.53. The Bertz CT molecular complexity index is 833. The van der Waals surface area contributed by atoms with Crippen molar-refractivity contribution in [3.8, 4) is 6.07 Å². The van der Waals surface area contributed by atoms with Crippen molar-refractivity contribution < 1.29 is 18.0 Å². The molecule has 0 atom stereocenters. The highest BCUT2D eigenvalue weighted by molar-refractivity contribution is 6.09. The summed E-state index contributed by atoms with van der Waals surface area (Å²) >= 11 is 0. The van der Waals surface area contributed by atoms with Gasteiger partial charge in [0.15, 0.2) is 0 Å². The molecule has 0 spiro atoms. The van der Waals surface area contributed by atoms with Gasteiger partial charge < -0.3 is 5.32 Å². The number of carbonyl (C=O) groups is 1. The Labute approximate surface area is 137 Å². The molecule has 3 nitrogen and oxygen atoms in total. The van der Waals surface area contributed by atoms with Crippen LogP contribution in [0.2, 0.25) is 0 Å². The number of anilines is 1. The minimum absolute atomic E-state index is 0.0271. The van der Waals surface area contributed by atoms with Crippen molar-refractivity contribution in [1.29, 1.82) is 5.26 Å². The van der Waals surface area contributed by atoms with Crippen molar-refractivity contribution in [2.24, 2.45) is 0 Å². The van der Waals surface area contributed by atoms with Gasteiger partial charge in [-0.2, -0.15) is 18.4 Å². The van der Waals surface area contributed by atoms with E-state index in [0.29, 0.717) is 5.56 Å². The Morgan fingerprint density at radius 3 is 2.50 bits per heavy atom. The predicted molar refractivity (Wildman–Crippen MR) is 84.8 cm³/mol. The van der Waals surface area contributed by atoms with E-state index in [1.54, 1.807) is 18.2 Å². The second-order valence-electron chi connectivity index (χ2n) is 5.06. The van der Waals surface area contributed by atoms with Crippen LogP contribution in [0.3, 0.4) is 0 Å². The van der Waals surface area contributed by atoms with Crippen LogP contribution in [-0.2, 0) is 11.0 Å². The molecule has 0 aliphatic rings. The molecular formula is C18H13F3N2O. The van der Waals surface area contributed by atoms with Gasteiger partial charge >= 0.3 is 6.18 Å². The van der Waals surface area contributed by atoms with Crippen molar-refractivity contribution in [3.63, 3.8) is 0 Å². The number of hydrogen-bond donors (Lipinski definition) is 1. The summed E-state index contributed by atoms with van der Waals surface area (Å²) in [6, 6.07) is 13.2.